The lowest BCUT2D eigenvalue weighted by molar-refractivity contribution is 0.501. The third-order valence-electron chi connectivity index (χ3n) is 3.69. The van der Waals surface area contributed by atoms with Gasteiger partial charge in [-0.1, -0.05) is 18.2 Å². The Morgan fingerprint density at radius 2 is 2.00 bits per heavy atom. The highest BCUT2D eigenvalue weighted by atomic mass is 15.1. The van der Waals surface area contributed by atoms with E-state index in [2.05, 4.69) is 22.0 Å². The fraction of sp³-hybridized carbons (Fsp3) is 0.333. The van der Waals surface area contributed by atoms with Crippen molar-refractivity contribution >= 4 is 16.6 Å². The van der Waals surface area contributed by atoms with Gasteiger partial charge in [0.25, 0.3) is 0 Å². The Labute approximate surface area is 112 Å². The van der Waals surface area contributed by atoms with Crippen LogP contribution in [0.1, 0.15) is 18.5 Å². The molecule has 0 atom stereocenters. The molecule has 2 N–H and O–H groups in total. The second-order valence-corrected chi connectivity index (χ2v) is 4.99. The molecular formula is C15H16N4. The number of anilines is 1. The number of hydrogen-bond acceptors (Lipinski definition) is 4. The molecule has 96 valence electrons. The lowest BCUT2D eigenvalue weighted by atomic mass is 10.0. The average molecular weight is 252 g/mol. The van der Waals surface area contributed by atoms with Crippen molar-refractivity contribution in [2.75, 3.05) is 18.0 Å². The highest BCUT2D eigenvalue weighted by molar-refractivity contribution is 5.84. The van der Waals surface area contributed by atoms with E-state index in [0.29, 0.717) is 5.69 Å². The summed E-state index contributed by atoms with van der Waals surface area (Å²) < 4.78 is 0. The van der Waals surface area contributed by atoms with Gasteiger partial charge in [0, 0.05) is 24.5 Å². The van der Waals surface area contributed by atoms with Gasteiger partial charge in [0.05, 0.1) is 11.2 Å². The molecular weight excluding hydrogens is 236 g/mol. The first-order valence-corrected chi connectivity index (χ1v) is 6.58. The number of hydrogen-bond donors (Lipinski definition) is 1. The van der Waals surface area contributed by atoms with Gasteiger partial charge < -0.3 is 10.6 Å². The average Bonchev–Trinajstić information content (AvgIpc) is 2.46. The predicted molar refractivity (Wildman–Crippen MR) is 75.9 cm³/mol. The van der Waals surface area contributed by atoms with Crippen molar-refractivity contribution in [2.45, 2.75) is 18.9 Å². The molecule has 1 saturated heterocycles. The first-order chi connectivity index (χ1) is 9.28. The second kappa shape index (κ2) is 4.87. The molecule has 1 aliphatic rings. The van der Waals surface area contributed by atoms with E-state index < -0.39 is 0 Å². The van der Waals surface area contributed by atoms with Crippen LogP contribution < -0.4 is 10.6 Å². The Balaban J connectivity index is 2.04. The minimum atomic E-state index is 0.287. The Morgan fingerprint density at radius 1 is 1.26 bits per heavy atom. The quantitative estimate of drug-likeness (QED) is 0.843. The Hall–Kier alpha value is -2.12. The Morgan fingerprint density at radius 3 is 2.74 bits per heavy atom. The number of para-hydroxylation sites is 1. The van der Waals surface area contributed by atoms with Gasteiger partial charge in [0.2, 0.25) is 0 Å². The van der Waals surface area contributed by atoms with Gasteiger partial charge in [-0.15, -0.1) is 0 Å². The minimum Gasteiger partial charge on any atom is -0.369 e. The van der Waals surface area contributed by atoms with Crippen LogP contribution in [0.2, 0.25) is 0 Å². The van der Waals surface area contributed by atoms with E-state index in [9.17, 15) is 5.26 Å². The van der Waals surface area contributed by atoms with Crippen LogP contribution in [0.25, 0.3) is 10.9 Å². The number of pyridine rings is 1. The topological polar surface area (TPSA) is 65.9 Å². The van der Waals surface area contributed by atoms with Gasteiger partial charge in [-0.25, -0.2) is 4.98 Å². The van der Waals surface area contributed by atoms with Gasteiger partial charge in [-0.3, -0.25) is 0 Å². The van der Waals surface area contributed by atoms with E-state index in [-0.39, 0.29) is 6.04 Å². The van der Waals surface area contributed by atoms with Crippen LogP contribution >= 0.6 is 0 Å². The highest BCUT2D eigenvalue weighted by Crippen LogP contribution is 2.26. The zero-order valence-corrected chi connectivity index (χ0v) is 10.7. The summed E-state index contributed by atoms with van der Waals surface area (Å²) in [5.41, 5.74) is 8.25. The molecule has 1 aromatic heterocycles. The van der Waals surface area contributed by atoms with Crippen molar-refractivity contribution in [3.05, 3.63) is 36.0 Å². The number of fused-ring (bicyclic) bond motifs is 1. The lowest BCUT2D eigenvalue weighted by Gasteiger charge is -2.32. The molecule has 0 bridgehead atoms. The summed E-state index contributed by atoms with van der Waals surface area (Å²) in [5.74, 6) is 0. The van der Waals surface area contributed by atoms with E-state index in [1.165, 1.54) is 0 Å². The van der Waals surface area contributed by atoms with Crippen molar-refractivity contribution < 1.29 is 0 Å². The molecule has 3 rings (SSSR count). The maximum atomic E-state index is 9.30. The molecule has 4 heteroatoms. The molecule has 0 amide bonds. The van der Waals surface area contributed by atoms with Crippen LogP contribution in [-0.2, 0) is 0 Å². The summed E-state index contributed by atoms with van der Waals surface area (Å²) in [4.78, 5) is 6.68. The van der Waals surface area contributed by atoms with E-state index in [1.807, 2.05) is 24.3 Å². The summed E-state index contributed by atoms with van der Waals surface area (Å²) in [5, 5.41) is 10.4. The Bertz CT molecular complexity index is 636. The highest BCUT2D eigenvalue weighted by Gasteiger charge is 2.19. The zero-order valence-electron chi connectivity index (χ0n) is 10.7. The molecule has 1 fully saturated rings. The molecule has 4 nitrogen and oxygen atoms in total. The molecule has 0 aliphatic carbocycles. The summed E-state index contributed by atoms with van der Waals surface area (Å²) in [7, 11) is 0. The number of benzene rings is 1. The molecule has 2 heterocycles. The third kappa shape index (κ3) is 2.25. The maximum Gasteiger partial charge on any atom is 0.164 e. The van der Waals surface area contributed by atoms with Crippen molar-refractivity contribution in [3.8, 4) is 6.07 Å². The van der Waals surface area contributed by atoms with Crippen molar-refractivity contribution in [1.29, 1.82) is 5.26 Å². The maximum absolute atomic E-state index is 9.30. The van der Waals surface area contributed by atoms with Gasteiger partial charge in [0.15, 0.2) is 5.69 Å². The molecule has 0 radical (unpaired) electrons. The van der Waals surface area contributed by atoms with Crippen LogP contribution in [0.15, 0.2) is 30.3 Å². The van der Waals surface area contributed by atoms with Crippen LogP contribution in [0.4, 0.5) is 5.69 Å². The monoisotopic (exact) mass is 252 g/mol. The van der Waals surface area contributed by atoms with Gasteiger partial charge in [-0.05, 0) is 25.0 Å². The number of nitriles is 1. The van der Waals surface area contributed by atoms with Crippen LogP contribution in [0, 0.1) is 11.3 Å². The van der Waals surface area contributed by atoms with Crippen molar-refractivity contribution in [2.24, 2.45) is 5.73 Å². The molecule has 1 aliphatic heterocycles. The van der Waals surface area contributed by atoms with Crippen molar-refractivity contribution in [1.82, 2.24) is 4.98 Å². The van der Waals surface area contributed by atoms with E-state index in [0.717, 1.165) is 42.5 Å². The molecule has 0 saturated carbocycles. The molecule has 1 aromatic carbocycles. The molecule has 0 spiro atoms. The lowest BCUT2D eigenvalue weighted by Crippen LogP contribution is -2.40. The van der Waals surface area contributed by atoms with E-state index in [1.54, 1.807) is 0 Å². The van der Waals surface area contributed by atoms with Gasteiger partial charge in [0.1, 0.15) is 6.07 Å². The normalized spacial score (nSPS) is 16.5. The summed E-state index contributed by atoms with van der Waals surface area (Å²) in [6, 6.07) is 12.5. The minimum absolute atomic E-state index is 0.287. The van der Waals surface area contributed by atoms with Crippen LogP contribution in [0.3, 0.4) is 0 Å². The zero-order chi connectivity index (χ0) is 13.2. The fourth-order valence-corrected chi connectivity index (χ4v) is 2.57. The second-order valence-electron chi connectivity index (χ2n) is 4.99. The first-order valence-electron chi connectivity index (χ1n) is 6.58. The van der Waals surface area contributed by atoms with Gasteiger partial charge in [-0.2, -0.15) is 5.26 Å². The fourth-order valence-electron chi connectivity index (χ4n) is 2.57. The van der Waals surface area contributed by atoms with Crippen LogP contribution in [0.5, 0.6) is 0 Å². The molecule has 2 aromatic rings. The smallest absolute Gasteiger partial charge is 0.164 e. The third-order valence-corrected chi connectivity index (χ3v) is 3.69. The van der Waals surface area contributed by atoms with Gasteiger partial charge >= 0.3 is 0 Å². The number of aromatic nitrogens is 1. The van der Waals surface area contributed by atoms with Crippen LogP contribution in [-0.4, -0.2) is 24.1 Å². The SMILES string of the molecule is N#Cc1nc2ccccc2cc1N1CCC(N)CC1. The van der Waals surface area contributed by atoms with Crippen molar-refractivity contribution in [3.63, 3.8) is 0 Å². The number of rotatable bonds is 1. The number of nitrogens with two attached hydrogens (primary N) is 1. The van der Waals surface area contributed by atoms with E-state index in [4.69, 9.17) is 5.73 Å². The van der Waals surface area contributed by atoms with E-state index >= 15 is 0 Å². The first kappa shape index (κ1) is 11.9. The largest absolute Gasteiger partial charge is 0.369 e. The summed E-state index contributed by atoms with van der Waals surface area (Å²) in [6.07, 6.45) is 1.94. The Kier molecular flexibility index (Phi) is 3.06. The summed E-state index contributed by atoms with van der Waals surface area (Å²) in [6.45, 7) is 1.80. The standard InChI is InChI=1S/C15H16N4/c16-10-14-15(19-7-5-12(17)6-8-19)9-11-3-1-2-4-13(11)18-14/h1-4,9,12H,5-8,17H2. The molecule has 0 unspecified atom stereocenters. The summed E-state index contributed by atoms with van der Waals surface area (Å²) >= 11 is 0. The predicted octanol–water partition coefficient (Wildman–Crippen LogP) is 2.03. The number of piperidine rings is 1. The number of nitrogens with zero attached hydrogens (tertiary/aromatic N) is 3. The molecule has 19 heavy (non-hydrogen) atoms.